The summed E-state index contributed by atoms with van der Waals surface area (Å²) in [6.07, 6.45) is 0. The van der Waals surface area contributed by atoms with E-state index in [4.69, 9.17) is 14.4 Å². The Labute approximate surface area is 602 Å². The standard InChI is InChI=1S/C23H29BN4O3.C18H20N4O.C17H19BN4O3.C17H17BrN4O/c1-14-11-16(24-30-22(3,4)23(5,6)31-24)9-10-17(14)18-13-20-25-19(21(29)27(7)8)12-15(2)28(20)26-18;1-11-6-7-14(12(2)8-11)15-10-17-19-16(18(23)21(4)5)9-13(3)22(17)20-15;1-10-7-12(18(24)25)5-6-13(10)14-9-16-19-15(17(23)21(3)4)8-11(2)22(16)20-14;1-10-7-12(18)5-6-13(10)14-9-16-19-15(17(23)21(3)4)8-11(2)22(16)20-14/h9-13H,1-8H3;6-10H,1-5H3;5-9,24-25H,1-4H3;5-9H,1-4H3. The molecular weight excluding hydrogens is 1350 g/mol. The molecule has 0 spiro atoms. The van der Waals surface area contributed by atoms with Gasteiger partial charge in [0.25, 0.3) is 23.6 Å². The van der Waals surface area contributed by atoms with E-state index in [1.165, 1.54) is 30.7 Å². The van der Waals surface area contributed by atoms with Crippen LogP contribution in [-0.2, 0) is 9.31 Å². The monoisotopic (exact) mass is 1440 g/mol. The molecule has 526 valence electrons. The molecule has 4 amide bonds. The van der Waals surface area contributed by atoms with Gasteiger partial charge in [-0.05, 0) is 160 Å². The average Bonchev–Trinajstić information content (AvgIpc) is 1.64. The summed E-state index contributed by atoms with van der Waals surface area (Å²) in [5, 5.41) is 37.1. The number of hydrogen-bond acceptors (Lipinski definition) is 16. The van der Waals surface area contributed by atoms with Crippen molar-refractivity contribution in [2.45, 2.75) is 101 Å². The summed E-state index contributed by atoms with van der Waals surface area (Å²) in [6.45, 7) is 26.0. The number of carbonyl (C=O) groups excluding carboxylic acids is 4. The molecule has 2 N–H and O–H groups in total. The van der Waals surface area contributed by atoms with Crippen LogP contribution in [-0.4, -0.2) is 193 Å². The van der Waals surface area contributed by atoms with E-state index in [9.17, 15) is 29.2 Å². The summed E-state index contributed by atoms with van der Waals surface area (Å²) in [6, 6.07) is 38.3. The number of benzene rings is 4. The quantitative estimate of drug-likeness (QED) is 0.121. The fourth-order valence-corrected chi connectivity index (χ4v) is 12.1. The van der Waals surface area contributed by atoms with Crippen LogP contribution in [0.2, 0.25) is 0 Å². The third-order valence-electron chi connectivity index (χ3n) is 17.9. The molecule has 102 heavy (non-hydrogen) atoms. The van der Waals surface area contributed by atoms with Crippen LogP contribution in [0.3, 0.4) is 0 Å². The highest BCUT2D eigenvalue weighted by atomic mass is 79.9. The van der Waals surface area contributed by atoms with Crippen molar-refractivity contribution < 1.29 is 38.5 Å². The molecule has 1 aliphatic rings. The Morgan fingerprint density at radius 3 is 0.990 bits per heavy atom. The van der Waals surface area contributed by atoms with E-state index in [2.05, 4.69) is 130 Å². The smallest absolute Gasteiger partial charge is 0.423 e. The van der Waals surface area contributed by atoms with Gasteiger partial charge in [-0.25, -0.2) is 38.0 Å². The van der Waals surface area contributed by atoms with Crippen LogP contribution in [0.1, 0.15) is 120 Å². The van der Waals surface area contributed by atoms with Gasteiger partial charge in [-0.1, -0.05) is 82.2 Å². The Bertz CT molecular complexity index is 5100. The minimum Gasteiger partial charge on any atom is -0.423 e. The van der Waals surface area contributed by atoms with E-state index < -0.39 is 14.2 Å². The Hall–Kier alpha value is -10.3. The first-order valence-corrected chi connectivity index (χ1v) is 33.8. The molecule has 24 nitrogen and oxygen atoms in total. The summed E-state index contributed by atoms with van der Waals surface area (Å²) in [7, 11) is 11.8. The number of amides is 4. The van der Waals surface area contributed by atoms with E-state index in [-0.39, 0.29) is 34.8 Å². The molecule has 1 fully saturated rings. The Morgan fingerprint density at radius 1 is 0.402 bits per heavy atom. The largest absolute Gasteiger partial charge is 0.494 e. The number of aromatic nitrogens is 12. The molecule has 0 radical (unpaired) electrons. The molecular formula is C75H85B2BrN16O8. The van der Waals surface area contributed by atoms with Gasteiger partial charge < -0.3 is 39.0 Å². The van der Waals surface area contributed by atoms with Crippen LogP contribution in [0, 0.1) is 62.3 Å². The van der Waals surface area contributed by atoms with E-state index in [0.717, 1.165) is 88.7 Å². The van der Waals surface area contributed by atoms with Gasteiger partial charge in [0.2, 0.25) is 0 Å². The van der Waals surface area contributed by atoms with E-state index in [1.54, 1.807) is 117 Å². The van der Waals surface area contributed by atoms with Crippen molar-refractivity contribution in [3.63, 3.8) is 0 Å². The predicted molar refractivity (Wildman–Crippen MR) is 402 cm³/mol. The maximum Gasteiger partial charge on any atom is 0.494 e. The van der Waals surface area contributed by atoms with Gasteiger partial charge in [-0.3, -0.25) is 19.2 Å². The molecule has 9 heterocycles. The van der Waals surface area contributed by atoms with Gasteiger partial charge in [0.05, 0.1) is 34.0 Å². The highest BCUT2D eigenvalue weighted by molar-refractivity contribution is 9.10. The van der Waals surface area contributed by atoms with Gasteiger partial charge in [0.1, 0.15) is 22.8 Å². The van der Waals surface area contributed by atoms with Crippen molar-refractivity contribution in [1.29, 1.82) is 0 Å². The molecule has 8 aromatic heterocycles. The van der Waals surface area contributed by atoms with Gasteiger partial charge in [0, 0.05) is 130 Å². The lowest BCUT2D eigenvalue weighted by molar-refractivity contribution is 0.00578. The van der Waals surface area contributed by atoms with Crippen LogP contribution in [0.25, 0.3) is 67.6 Å². The number of hydrogen-bond donors (Lipinski definition) is 2. The minimum absolute atomic E-state index is 0.107. The second kappa shape index (κ2) is 29.3. The summed E-state index contributed by atoms with van der Waals surface area (Å²) >= 11 is 3.47. The minimum atomic E-state index is -1.50. The zero-order valence-electron chi connectivity index (χ0n) is 61.6. The van der Waals surface area contributed by atoms with Crippen molar-refractivity contribution in [3.8, 4) is 45.0 Å². The molecule has 1 saturated heterocycles. The second-order valence-electron chi connectivity index (χ2n) is 27.5. The molecule has 13 rings (SSSR count). The molecule has 4 aromatic carbocycles. The number of rotatable bonds is 10. The van der Waals surface area contributed by atoms with Crippen LogP contribution in [0.4, 0.5) is 0 Å². The van der Waals surface area contributed by atoms with Crippen molar-refractivity contribution in [1.82, 2.24) is 78.0 Å². The Balaban J connectivity index is 0.000000148. The SMILES string of the molecule is Cc1cc(B(O)O)ccc1-c1cc2nc(C(=O)N(C)C)cc(C)n2n1.Cc1cc(B2OC(C)(C)C(C)(C)O2)ccc1-c1cc2nc(C(=O)N(C)C)cc(C)n2n1.Cc1cc(Br)ccc1-c1cc2nc(C(=O)N(C)C)cc(C)n2n1.Cc1ccc(-c2cc3nc(C(=O)N(C)C)cc(C)n3n2)c(C)c1. The molecule has 0 atom stereocenters. The number of aryl methyl sites for hydroxylation is 9. The summed E-state index contributed by atoms with van der Waals surface area (Å²) in [5.41, 5.74) is 21.0. The van der Waals surface area contributed by atoms with E-state index in [1.807, 2.05) is 90.1 Å². The molecule has 1 aliphatic heterocycles. The number of nitrogens with zero attached hydrogens (tertiary/aromatic N) is 16. The zero-order valence-corrected chi connectivity index (χ0v) is 63.2. The average molecular weight is 1440 g/mol. The van der Waals surface area contributed by atoms with Gasteiger partial charge >= 0.3 is 14.2 Å². The lowest BCUT2D eigenvalue weighted by Gasteiger charge is -2.32. The molecule has 0 unspecified atom stereocenters. The van der Waals surface area contributed by atoms with E-state index >= 15 is 0 Å². The Morgan fingerprint density at radius 2 is 0.696 bits per heavy atom. The third kappa shape index (κ3) is 15.6. The summed E-state index contributed by atoms with van der Waals surface area (Å²) < 4.78 is 20.4. The molecule has 27 heteroatoms. The fraction of sp³-hybridized carbons (Fsp3) is 0.307. The number of halogens is 1. The van der Waals surface area contributed by atoms with Crippen LogP contribution in [0.15, 0.2) is 126 Å². The number of fused-ring (bicyclic) bond motifs is 4. The molecule has 12 aromatic rings. The lowest BCUT2D eigenvalue weighted by Crippen LogP contribution is -2.41. The van der Waals surface area contributed by atoms with Crippen LogP contribution in [0.5, 0.6) is 0 Å². The van der Waals surface area contributed by atoms with Crippen molar-refractivity contribution in [2.24, 2.45) is 0 Å². The van der Waals surface area contributed by atoms with Gasteiger partial charge in [-0.2, -0.15) is 20.4 Å². The maximum absolute atomic E-state index is 12.3. The summed E-state index contributed by atoms with van der Waals surface area (Å²) in [4.78, 5) is 72.7. The second-order valence-corrected chi connectivity index (χ2v) is 28.4. The van der Waals surface area contributed by atoms with Crippen molar-refractivity contribution in [2.75, 3.05) is 56.4 Å². The van der Waals surface area contributed by atoms with E-state index in [0.29, 0.717) is 56.5 Å². The highest BCUT2D eigenvalue weighted by Crippen LogP contribution is 2.37. The predicted octanol–water partition coefficient (Wildman–Crippen LogP) is 9.91. The molecule has 0 saturated carbocycles. The Kier molecular flexibility index (Phi) is 21.4. The summed E-state index contributed by atoms with van der Waals surface area (Å²) in [5.74, 6) is -0.509. The number of carbonyl (C=O) groups is 4. The van der Waals surface area contributed by atoms with Crippen molar-refractivity contribution >= 4 is 87.3 Å². The first-order valence-electron chi connectivity index (χ1n) is 33.0. The fourth-order valence-electron chi connectivity index (χ4n) is 11.6. The van der Waals surface area contributed by atoms with Crippen LogP contribution < -0.4 is 10.9 Å². The van der Waals surface area contributed by atoms with Crippen LogP contribution >= 0.6 is 15.9 Å². The van der Waals surface area contributed by atoms with Gasteiger partial charge in [0.15, 0.2) is 22.6 Å². The van der Waals surface area contributed by atoms with Gasteiger partial charge in [-0.15, -0.1) is 0 Å². The molecule has 0 aliphatic carbocycles. The zero-order chi connectivity index (χ0) is 74.5. The third-order valence-corrected chi connectivity index (χ3v) is 18.4. The van der Waals surface area contributed by atoms with Crippen molar-refractivity contribution in [3.05, 3.63) is 199 Å². The topological polar surface area (TPSA) is 261 Å². The first kappa shape index (κ1) is 74.4. The first-order chi connectivity index (χ1) is 47.9. The molecule has 0 bridgehead atoms. The lowest BCUT2D eigenvalue weighted by atomic mass is 9.77. The maximum atomic E-state index is 12.3. The normalized spacial score (nSPS) is 12.9. The highest BCUT2D eigenvalue weighted by Gasteiger charge is 2.51.